The third kappa shape index (κ3) is 4.18. The van der Waals surface area contributed by atoms with Gasteiger partial charge in [-0.15, -0.1) is 0 Å². The first-order valence-corrected chi connectivity index (χ1v) is 9.47. The minimum Gasteiger partial charge on any atom is -0.467 e. The largest absolute Gasteiger partial charge is 0.467 e. The second-order valence-corrected chi connectivity index (χ2v) is 6.95. The number of nitrogens with zero attached hydrogens (tertiary/aromatic N) is 1. The molecule has 0 amide bonds. The van der Waals surface area contributed by atoms with E-state index in [0.717, 1.165) is 37.7 Å². The molecule has 25 heavy (non-hydrogen) atoms. The van der Waals surface area contributed by atoms with E-state index in [1.807, 2.05) is 19.2 Å². The molecule has 2 N–H and O–H groups in total. The molecule has 3 rings (SSSR count). The highest BCUT2D eigenvalue weighted by Gasteiger charge is 2.59. The van der Waals surface area contributed by atoms with Crippen LogP contribution in [0.3, 0.4) is 0 Å². The predicted molar refractivity (Wildman–Crippen MR) is 97.6 cm³/mol. The van der Waals surface area contributed by atoms with Crippen LogP contribution in [0.5, 0.6) is 0 Å². The fourth-order valence-electron chi connectivity index (χ4n) is 3.95. The van der Waals surface area contributed by atoms with Crippen LogP contribution in [0.4, 0.5) is 0 Å². The molecule has 140 valence electrons. The minimum absolute atomic E-state index is 0.347. The van der Waals surface area contributed by atoms with E-state index >= 15 is 0 Å². The van der Waals surface area contributed by atoms with Crippen molar-refractivity contribution in [2.24, 2.45) is 10.4 Å². The number of aliphatic imine (C=N–C) groups is 1. The lowest BCUT2D eigenvalue weighted by Crippen LogP contribution is -2.68. The molecule has 1 aromatic rings. The van der Waals surface area contributed by atoms with E-state index in [1.165, 1.54) is 19.3 Å². The highest BCUT2D eigenvalue weighted by atomic mass is 16.5. The summed E-state index contributed by atoms with van der Waals surface area (Å²) < 4.78 is 16.7. The molecule has 0 aliphatic heterocycles. The molecular weight excluding hydrogens is 318 g/mol. The van der Waals surface area contributed by atoms with Crippen LogP contribution in [0.25, 0.3) is 0 Å². The lowest BCUT2D eigenvalue weighted by molar-refractivity contribution is -0.168. The first kappa shape index (κ1) is 18.3. The molecule has 0 radical (unpaired) electrons. The van der Waals surface area contributed by atoms with Crippen molar-refractivity contribution in [3.05, 3.63) is 24.2 Å². The molecule has 2 aliphatic rings. The van der Waals surface area contributed by atoms with E-state index < -0.39 is 0 Å². The molecule has 2 aliphatic carbocycles. The molecule has 2 fully saturated rings. The van der Waals surface area contributed by atoms with Crippen molar-refractivity contribution in [3.63, 3.8) is 0 Å². The van der Waals surface area contributed by atoms with Gasteiger partial charge < -0.3 is 24.5 Å². The maximum atomic E-state index is 5.91. The zero-order valence-electron chi connectivity index (χ0n) is 15.4. The summed E-state index contributed by atoms with van der Waals surface area (Å²) >= 11 is 0. The van der Waals surface area contributed by atoms with Gasteiger partial charge in [0.15, 0.2) is 5.96 Å². The van der Waals surface area contributed by atoms with Crippen LogP contribution < -0.4 is 10.6 Å². The first-order chi connectivity index (χ1) is 12.3. The lowest BCUT2D eigenvalue weighted by atomic mass is 9.51. The Morgan fingerprint density at radius 1 is 1.44 bits per heavy atom. The molecule has 2 saturated carbocycles. The highest BCUT2D eigenvalue weighted by molar-refractivity contribution is 5.80. The Bertz CT molecular complexity index is 540. The number of guanidine groups is 1. The topological polar surface area (TPSA) is 68.0 Å². The van der Waals surface area contributed by atoms with E-state index in [0.29, 0.717) is 30.8 Å². The van der Waals surface area contributed by atoms with Crippen LogP contribution in [-0.4, -0.2) is 44.9 Å². The standard InChI is InChI=1S/C19H31N3O3/c1-3-24-17-13-16(19(17)8-5-9-19)22-18(20-2)21-10-6-11-23-14-15-7-4-12-25-15/h4,7,12,16-17H,3,5-6,8-11,13-14H2,1-2H3,(H2,20,21,22). The Balaban J connectivity index is 1.32. The van der Waals surface area contributed by atoms with Crippen LogP contribution in [-0.2, 0) is 16.1 Å². The summed E-state index contributed by atoms with van der Waals surface area (Å²) in [5, 5.41) is 6.99. The number of nitrogens with one attached hydrogen (secondary N) is 2. The number of furan rings is 1. The van der Waals surface area contributed by atoms with E-state index in [9.17, 15) is 0 Å². The summed E-state index contributed by atoms with van der Waals surface area (Å²) in [6.07, 6.45) is 7.97. The van der Waals surface area contributed by atoms with Crippen molar-refractivity contribution < 1.29 is 13.9 Å². The maximum Gasteiger partial charge on any atom is 0.191 e. The molecular formula is C19H31N3O3. The summed E-state index contributed by atoms with van der Waals surface area (Å²) in [4.78, 5) is 4.36. The van der Waals surface area contributed by atoms with Gasteiger partial charge in [0.25, 0.3) is 0 Å². The maximum absolute atomic E-state index is 5.91. The second-order valence-electron chi connectivity index (χ2n) is 6.95. The van der Waals surface area contributed by atoms with E-state index in [2.05, 4.69) is 22.5 Å². The summed E-state index contributed by atoms with van der Waals surface area (Å²) in [6.45, 7) is 4.96. The smallest absolute Gasteiger partial charge is 0.191 e. The Labute approximate surface area is 150 Å². The molecule has 2 unspecified atom stereocenters. The average Bonchev–Trinajstić information content (AvgIpc) is 3.07. The van der Waals surface area contributed by atoms with Crippen LogP contribution >= 0.6 is 0 Å². The van der Waals surface area contributed by atoms with Gasteiger partial charge in [-0.25, -0.2) is 0 Å². The number of rotatable bonds is 9. The van der Waals surface area contributed by atoms with Gasteiger partial charge >= 0.3 is 0 Å². The average molecular weight is 349 g/mol. The minimum atomic E-state index is 0.347. The molecule has 6 nitrogen and oxygen atoms in total. The molecule has 0 saturated heterocycles. The van der Waals surface area contributed by atoms with Crippen molar-refractivity contribution in [1.82, 2.24) is 10.6 Å². The quantitative estimate of drug-likeness (QED) is 0.408. The molecule has 6 heteroatoms. The van der Waals surface area contributed by atoms with Gasteiger partial charge in [-0.2, -0.15) is 0 Å². The zero-order valence-corrected chi connectivity index (χ0v) is 15.4. The van der Waals surface area contributed by atoms with Gasteiger partial charge in [0, 0.05) is 38.3 Å². The zero-order chi connectivity index (χ0) is 17.5. The number of ether oxygens (including phenoxy) is 2. The van der Waals surface area contributed by atoms with Crippen molar-refractivity contribution in [2.75, 3.05) is 26.8 Å². The number of hydrogen-bond donors (Lipinski definition) is 2. The molecule has 0 aromatic carbocycles. The van der Waals surface area contributed by atoms with Gasteiger partial charge in [0.05, 0.1) is 12.4 Å². The Morgan fingerprint density at radius 2 is 2.32 bits per heavy atom. The van der Waals surface area contributed by atoms with Gasteiger partial charge in [-0.3, -0.25) is 4.99 Å². The Hall–Kier alpha value is -1.53. The van der Waals surface area contributed by atoms with Gasteiger partial charge in [0.1, 0.15) is 12.4 Å². The van der Waals surface area contributed by atoms with Gasteiger partial charge in [-0.05, 0) is 44.7 Å². The Morgan fingerprint density at radius 3 is 2.96 bits per heavy atom. The highest BCUT2D eigenvalue weighted by Crippen LogP contribution is 2.57. The summed E-state index contributed by atoms with van der Waals surface area (Å²) in [5.74, 6) is 1.75. The van der Waals surface area contributed by atoms with Crippen molar-refractivity contribution in [3.8, 4) is 0 Å². The normalized spacial score (nSPS) is 24.6. The van der Waals surface area contributed by atoms with Gasteiger partial charge in [-0.1, -0.05) is 6.42 Å². The number of hydrogen-bond acceptors (Lipinski definition) is 4. The monoisotopic (exact) mass is 349 g/mol. The van der Waals surface area contributed by atoms with Gasteiger partial charge in [0.2, 0.25) is 0 Å². The molecule has 0 bridgehead atoms. The van der Waals surface area contributed by atoms with Crippen molar-refractivity contribution in [1.29, 1.82) is 0 Å². The van der Waals surface area contributed by atoms with E-state index in [4.69, 9.17) is 13.9 Å². The summed E-state index contributed by atoms with van der Waals surface area (Å²) in [7, 11) is 1.83. The fraction of sp³-hybridized carbons (Fsp3) is 0.737. The first-order valence-electron chi connectivity index (χ1n) is 9.47. The Kier molecular flexibility index (Phi) is 6.37. The lowest BCUT2D eigenvalue weighted by Gasteiger charge is -2.61. The molecule has 1 heterocycles. The molecule has 1 aromatic heterocycles. The SMILES string of the molecule is CCOC1CC(NC(=NC)NCCCOCc2ccco2)C12CCC2. The van der Waals surface area contributed by atoms with Crippen LogP contribution in [0, 0.1) is 5.41 Å². The summed E-state index contributed by atoms with van der Waals surface area (Å²) in [5.41, 5.74) is 0.347. The van der Waals surface area contributed by atoms with Crippen LogP contribution in [0.1, 0.15) is 44.8 Å². The molecule has 1 spiro atoms. The van der Waals surface area contributed by atoms with Crippen LogP contribution in [0.2, 0.25) is 0 Å². The van der Waals surface area contributed by atoms with Crippen molar-refractivity contribution >= 4 is 5.96 Å². The third-order valence-electron chi connectivity index (χ3n) is 5.55. The predicted octanol–water partition coefficient (Wildman–Crippen LogP) is 2.70. The van der Waals surface area contributed by atoms with E-state index in [1.54, 1.807) is 6.26 Å². The van der Waals surface area contributed by atoms with Crippen LogP contribution in [0.15, 0.2) is 27.8 Å². The molecule has 2 atom stereocenters. The van der Waals surface area contributed by atoms with E-state index in [-0.39, 0.29) is 0 Å². The fourth-order valence-corrected chi connectivity index (χ4v) is 3.95. The van der Waals surface area contributed by atoms with Crippen molar-refractivity contribution in [2.45, 2.75) is 57.8 Å². The third-order valence-corrected chi connectivity index (χ3v) is 5.55. The summed E-state index contributed by atoms with van der Waals surface area (Å²) in [6, 6.07) is 4.29. The second kappa shape index (κ2) is 8.72.